The van der Waals surface area contributed by atoms with E-state index < -0.39 is 0 Å². The molecule has 0 spiro atoms. The lowest BCUT2D eigenvalue weighted by Crippen LogP contribution is -2.29. The van der Waals surface area contributed by atoms with Crippen LogP contribution >= 0.6 is 0 Å². The number of aryl methyl sites for hydroxylation is 2. The molecule has 2 unspecified atom stereocenters. The smallest absolute Gasteiger partial charge is 0.253 e. The minimum atomic E-state index is -0.252. The van der Waals surface area contributed by atoms with Crippen molar-refractivity contribution in [3.05, 3.63) is 74.8 Å². The minimum absolute atomic E-state index is 0.161. The Morgan fingerprint density at radius 2 is 2.12 bits per heavy atom. The van der Waals surface area contributed by atoms with Gasteiger partial charge in [-0.15, -0.1) is 0 Å². The van der Waals surface area contributed by atoms with Gasteiger partial charge in [0.2, 0.25) is 5.88 Å². The highest BCUT2D eigenvalue weighted by molar-refractivity contribution is 5.97. The van der Waals surface area contributed by atoms with Crippen molar-refractivity contribution in [1.82, 2.24) is 15.3 Å². The molecular formula is C27H29N3O4. The number of rotatable bonds is 5. The topological polar surface area (TPSA) is 93.3 Å². The Morgan fingerprint density at radius 3 is 2.82 bits per heavy atom. The number of fused-ring (bicyclic) bond motifs is 3. The Morgan fingerprint density at radius 1 is 1.29 bits per heavy atom. The third-order valence-corrected chi connectivity index (χ3v) is 7.17. The molecule has 1 amide bonds. The fraction of sp³-hybridized carbons (Fsp3) is 0.370. The standard InChI is InChI=1S/C27H29N3O4/c1-15-10-16(2)30-26(32)21(15)14-29-25(31)18-11-19(17-7-8-23(33-4)28-13-17)24-20(12-18)22-6-5-9-27(22,3)34-24/h7-8,10-13,22H,5-6,9,14H2,1-4H3,(H,29,31)(H,30,32). The number of H-pyrrole nitrogens is 1. The van der Waals surface area contributed by atoms with Crippen molar-refractivity contribution >= 4 is 5.91 Å². The van der Waals surface area contributed by atoms with Gasteiger partial charge in [0.15, 0.2) is 0 Å². The van der Waals surface area contributed by atoms with Crippen LogP contribution in [0.4, 0.5) is 0 Å². The molecule has 1 aliphatic heterocycles. The quantitative estimate of drug-likeness (QED) is 0.590. The first kappa shape index (κ1) is 22.2. The van der Waals surface area contributed by atoms with E-state index >= 15 is 0 Å². The molecule has 0 radical (unpaired) electrons. The van der Waals surface area contributed by atoms with Gasteiger partial charge >= 0.3 is 0 Å². The summed E-state index contributed by atoms with van der Waals surface area (Å²) < 4.78 is 11.7. The molecule has 0 bridgehead atoms. The number of hydrogen-bond acceptors (Lipinski definition) is 5. The Balaban J connectivity index is 1.52. The van der Waals surface area contributed by atoms with Crippen molar-refractivity contribution in [1.29, 1.82) is 0 Å². The number of carbonyl (C=O) groups is 1. The van der Waals surface area contributed by atoms with E-state index in [0.717, 1.165) is 53.0 Å². The van der Waals surface area contributed by atoms with Crippen molar-refractivity contribution < 1.29 is 14.3 Å². The number of methoxy groups -OCH3 is 1. The monoisotopic (exact) mass is 459 g/mol. The molecule has 2 N–H and O–H groups in total. The van der Waals surface area contributed by atoms with Crippen molar-refractivity contribution in [2.75, 3.05) is 7.11 Å². The summed E-state index contributed by atoms with van der Waals surface area (Å²) in [6, 6.07) is 9.45. The molecular weight excluding hydrogens is 430 g/mol. The molecule has 0 saturated heterocycles. The molecule has 1 aromatic carbocycles. The second-order valence-corrected chi connectivity index (χ2v) is 9.52. The molecule has 1 aliphatic carbocycles. The van der Waals surface area contributed by atoms with Gasteiger partial charge in [-0.1, -0.05) is 0 Å². The lowest BCUT2D eigenvalue weighted by Gasteiger charge is -2.23. The predicted molar refractivity (Wildman–Crippen MR) is 130 cm³/mol. The number of amides is 1. The van der Waals surface area contributed by atoms with E-state index in [4.69, 9.17) is 9.47 Å². The van der Waals surface area contributed by atoms with Crippen LogP contribution in [0, 0.1) is 13.8 Å². The van der Waals surface area contributed by atoms with Crippen LogP contribution in [0.15, 0.2) is 41.3 Å². The largest absolute Gasteiger partial charge is 0.486 e. The van der Waals surface area contributed by atoms with Crippen LogP contribution in [-0.4, -0.2) is 28.6 Å². The molecule has 2 atom stereocenters. The average molecular weight is 460 g/mol. The van der Waals surface area contributed by atoms with Gasteiger partial charge < -0.3 is 19.8 Å². The lowest BCUT2D eigenvalue weighted by molar-refractivity contribution is 0.0950. The van der Waals surface area contributed by atoms with E-state index in [1.807, 2.05) is 38.1 Å². The molecule has 2 aromatic heterocycles. The molecule has 176 valence electrons. The fourth-order valence-electron chi connectivity index (χ4n) is 5.38. The summed E-state index contributed by atoms with van der Waals surface area (Å²) in [5.41, 5.74) is 5.12. The van der Waals surface area contributed by atoms with E-state index in [9.17, 15) is 9.59 Å². The van der Waals surface area contributed by atoms with Gasteiger partial charge in [-0.2, -0.15) is 0 Å². The van der Waals surface area contributed by atoms with Crippen LogP contribution < -0.4 is 20.3 Å². The summed E-state index contributed by atoms with van der Waals surface area (Å²) >= 11 is 0. The zero-order valence-electron chi connectivity index (χ0n) is 20.0. The highest BCUT2D eigenvalue weighted by Gasteiger charge is 2.49. The molecule has 7 nitrogen and oxygen atoms in total. The number of benzene rings is 1. The molecule has 2 aliphatic rings. The zero-order valence-corrected chi connectivity index (χ0v) is 20.0. The number of nitrogens with one attached hydrogen (secondary N) is 2. The van der Waals surface area contributed by atoms with Gasteiger partial charge in [0.05, 0.1) is 7.11 Å². The second-order valence-electron chi connectivity index (χ2n) is 9.52. The Kier molecular flexibility index (Phi) is 5.42. The zero-order chi connectivity index (χ0) is 24.0. The number of nitrogens with zero attached hydrogens (tertiary/aromatic N) is 1. The molecule has 7 heteroatoms. The summed E-state index contributed by atoms with van der Waals surface area (Å²) in [4.78, 5) is 32.8. The SMILES string of the molecule is COc1ccc(-c2cc(C(=O)NCc3c(C)cc(C)[nH]c3=O)cc3c2OC2(C)CCCC32)cn1. The van der Waals surface area contributed by atoms with Crippen molar-refractivity contribution in [2.24, 2.45) is 0 Å². The maximum atomic E-state index is 13.3. The van der Waals surface area contributed by atoms with Crippen molar-refractivity contribution in [3.8, 4) is 22.8 Å². The maximum Gasteiger partial charge on any atom is 0.253 e. The second kappa shape index (κ2) is 8.31. The van der Waals surface area contributed by atoms with Crippen LogP contribution in [0.3, 0.4) is 0 Å². The van der Waals surface area contributed by atoms with Crippen LogP contribution in [0.5, 0.6) is 11.6 Å². The number of pyridine rings is 2. The van der Waals surface area contributed by atoms with Crippen LogP contribution in [-0.2, 0) is 6.54 Å². The Labute approximate surface area is 198 Å². The summed E-state index contributed by atoms with van der Waals surface area (Å²) in [6.07, 6.45) is 4.87. The van der Waals surface area contributed by atoms with Gasteiger partial charge in [0.1, 0.15) is 11.4 Å². The highest BCUT2D eigenvalue weighted by atomic mass is 16.5. The van der Waals surface area contributed by atoms with Gasteiger partial charge in [-0.05, 0) is 69.9 Å². The Bertz CT molecular complexity index is 1330. The van der Waals surface area contributed by atoms with Crippen LogP contribution in [0.25, 0.3) is 11.1 Å². The van der Waals surface area contributed by atoms with Gasteiger partial charge in [-0.25, -0.2) is 4.98 Å². The van der Waals surface area contributed by atoms with E-state index in [-0.39, 0.29) is 29.5 Å². The third-order valence-electron chi connectivity index (χ3n) is 7.17. The van der Waals surface area contributed by atoms with Crippen molar-refractivity contribution in [3.63, 3.8) is 0 Å². The number of hydrogen-bond donors (Lipinski definition) is 2. The molecule has 5 rings (SSSR count). The molecule has 3 aromatic rings. The first-order chi connectivity index (χ1) is 16.3. The number of aromatic nitrogens is 2. The van der Waals surface area contributed by atoms with Crippen molar-refractivity contribution in [2.45, 2.75) is 58.1 Å². The first-order valence-electron chi connectivity index (χ1n) is 11.6. The van der Waals surface area contributed by atoms with Crippen LogP contribution in [0.1, 0.15) is 64.8 Å². The molecule has 1 fully saturated rings. The highest BCUT2D eigenvalue weighted by Crippen LogP contribution is 2.56. The molecule has 3 heterocycles. The number of carbonyl (C=O) groups excluding carboxylic acids is 1. The molecule has 34 heavy (non-hydrogen) atoms. The predicted octanol–water partition coefficient (Wildman–Crippen LogP) is 4.41. The van der Waals surface area contributed by atoms with E-state index in [1.165, 1.54) is 0 Å². The lowest BCUT2D eigenvalue weighted by atomic mass is 9.86. The number of aromatic amines is 1. The van der Waals surface area contributed by atoms with Gasteiger partial charge in [0, 0.05) is 58.2 Å². The summed E-state index contributed by atoms with van der Waals surface area (Å²) in [7, 11) is 1.58. The fourth-order valence-corrected chi connectivity index (χ4v) is 5.38. The average Bonchev–Trinajstić information content (AvgIpc) is 3.31. The van der Waals surface area contributed by atoms with E-state index in [0.29, 0.717) is 17.0 Å². The summed E-state index contributed by atoms with van der Waals surface area (Å²) in [6.45, 7) is 6.04. The maximum absolute atomic E-state index is 13.3. The van der Waals surface area contributed by atoms with E-state index in [1.54, 1.807) is 19.4 Å². The molecule has 1 saturated carbocycles. The third kappa shape index (κ3) is 3.75. The van der Waals surface area contributed by atoms with Gasteiger partial charge in [-0.3, -0.25) is 9.59 Å². The van der Waals surface area contributed by atoms with E-state index in [2.05, 4.69) is 22.2 Å². The summed E-state index contributed by atoms with van der Waals surface area (Å²) in [5.74, 6) is 1.39. The first-order valence-corrected chi connectivity index (χ1v) is 11.6. The Hall–Kier alpha value is -3.61. The summed E-state index contributed by atoms with van der Waals surface area (Å²) in [5, 5.41) is 2.94. The van der Waals surface area contributed by atoms with Crippen LogP contribution in [0.2, 0.25) is 0 Å². The van der Waals surface area contributed by atoms with Gasteiger partial charge in [0.25, 0.3) is 11.5 Å². The minimum Gasteiger partial charge on any atom is -0.486 e. The number of ether oxygens (including phenoxy) is 2. The normalized spacial score (nSPS) is 20.4.